The number of carboxylic acid groups (broad SMARTS) is 1. The highest BCUT2D eigenvalue weighted by atomic mass is 19.4. The molecule has 0 aliphatic carbocycles. The van der Waals surface area contributed by atoms with Crippen molar-refractivity contribution in [3.8, 4) is 6.07 Å². The summed E-state index contributed by atoms with van der Waals surface area (Å²) in [5.74, 6) is -2.03. The Morgan fingerprint density at radius 2 is 1.92 bits per heavy atom. The summed E-state index contributed by atoms with van der Waals surface area (Å²) < 4.78 is 46.8. The fraction of sp³-hybridized carbons (Fsp3) is 0.240. The Morgan fingerprint density at radius 1 is 1.21 bits per heavy atom. The largest absolute Gasteiger partial charge is 0.481 e. The number of carbonyl (C=O) groups excluding carboxylic acids is 1. The molecule has 0 saturated carbocycles. The molecule has 13 heteroatoms. The first-order chi connectivity index (χ1) is 18.0. The average molecular weight is 527 g/mol. The molecule has 1 aliphatic heterocycles. The van der Waals surface area contributed by atoms with Crippen molar-refractivity contribution < 1.29 is 32.6 Å². The van der Waals surface area contributed by atoms with Gasteiger partial charge in [-0.25, -0.2) is 19.3 Å². The van der Waals surface area contributed by atoms with E-state index in [1.165, 1.54) is 48.2 Å². The molecule has 0 amide bonds. The molecule has 0 unspecified atom stereocenters. The Kier molecular flexibility index (Phi) is 7.07. The lowest BCUT2D eigenvalue weighted by atomic mass is 9.93. The molecule has 2 N–H and O–H groups in total. The zero-order chi connectivity index (χ0) is 27.6. The van der Waals surface area contributed by atoms with Gasteiger partial charge in [0.2, 0.25) is 5.95 Å². The monoisotopic (exact) mass is 527 g/mol. The molecular weight excluding hydrogens is 507 g/mol. The van der Waals surface area contributed by atoms with Crippen LogP contribution in [0, 0.1) is 11.3 Å². The van der Waals surface area contributed by atoms with Gasteiger partial charge in [0.15, 0.2) is 0 Å². The summed E-state index contributed by atoms with van der Waals surface area (Å²) in [5.41, 5.74) is -0.879. The van der Waals surface area contributed by atoms with E-state index in [0.29, 0.717) is 11.1 Å². The molecule has 0 fully saturated rings. The van der Waals surface area contributed by atoms with Crippen LogP contribution in [0.5, 0.6) is 0 Å². The Hall–Kier alpha value is -4.86. The number of anilines is 2. The summed E-state index contributed by atoms with van der Waals surface area (Å²) in [4.78, 5) is 38.4. The van der Waals surface area contributed by atoms with Crippen LogP contribution in [0.3, 0.4) is 0 Å². The Balaban J connectivity index is 1.89. The van der Waals surface area contributed by atoms with Crippen molar-refractivity contribution in [2.75, 3.05) is 11.5 Å². The number of carbonyl (C=O) groups is 2. The molecule has 1 aromatic heterocycles. The number of H-pyrrole nitrogens is 1. The van der Waals surface area contributed by atoms with E-state index in [-0.39, 0.29) is 42.4 Å². The van der Waals surface area contributed by atoms with Gasteiger partial charge in [0.25, 0.3) is 0 Å². The second-order valence-corrected chi connectivity index (χ2v) is 8.35. The fourth-order valence-corrected chi connectivity index (χ4v) is 4.20. The highest BCUT2D eigenvalue weighted by molar-refractivity contribution is 5.93. The number of allylic oxidation sites excluding steroid dienone is 1. The van der Waals surface area contributed by atoms with Gasteiger partial charge < -0.3 is 9.84 Å². The highest BCUT2D eigenvalue weighted by Gasteiger charge is 2.40. The summed E-state index contributed by atoms with van der Waals surface area (Å²) in [6.45, 7) is 1.24. The van der Waals surface area contributed by atoms with E-state index in [1.54, 1.807) is 0 Å². The number of aliphatic carboxylic acids is 1. The quantitative estimate of drug-likeness (QED) is 0.348. The molecule has 0 bridgehead atoms. The number of nitrogens with one attached hydrogen (secondary N) is 1. The number of rotatable bonds is 7. The number of hydrogen-bond acceptors (Lipinski definition) is 7. The van der Waals surface area contributed by atoms with E-state index < -0.39 is 35.4 Å². The van der Waals surface area contributed by atoms with Crippen LogP contribution in [-0.4, -0.2) is 38.4 Å². The van der Waals surface area contributed by atoms with Crippen molar-refractivity contribution in [3.05, 3.63) is 87.0 Å². The maximum Gasteiger partial charge on any atom is 0.416 e. The van der Waals surface area contributed by atoms with Crippen LogP contribution < -0.4 is 10.6 Å². The molecule has 4 rings (SSSR count). The minimum atomic E-state index is -4.65. The number of esters is 1. The van der Waals surface area contributed by atoms with E-state index in [0.717, 1.165) is 16.7 Å². The number of aromatic nitrogens is 3. The molecule has 2 aromatic carbocycles. The fourth-order valence-electron chi connectivity index (χ4n) is 4.20. The average Bonchev–Trinajstić information content (AvgIpc) is 3.26. The molecule has 0 saturated heterocycles. The zero-order valence-electron chi connectivity index (χ0n) is 19.8. The van der Waals surface area contributed by atoms with Crippen LogP contribution in [0.4, 0.5) is 24.8 Å². The van der Waals surface area contributed by atoms with Crippen molar-refractivity contribution in [1.82, 2.24) is 14.8 Å². The predicted molar refractivity (Wildman–Crippen MR) is 126 cm³/mol. The Bertz CT molecular complexity index is 1520. The van der Waals surface area contributed by atoms with Crippen LogP contribution in [-0.2, 0) is 20.5 Å². The summed E-state index contributed by atoms with van der Waals surface area (Å²) in [7, 11) is 0. The lowest BCUT2D eigenvalue weighted by molar-refractivity contribution is -0.142. The van der Waals surface area contributed by atoms with E-state index >= 15 is 0 Å². The molecular formula is C25H20F3N5O5. The number of aromatic amines is 1. The predicted octanol–water partition coefficient (Wildman–Crippen LogP) is 3.88. The van der Waals surface area contributed by atoms with Crippen LogP contribution in [0.25, 0.3) is 0 Å². The van der Waals surface area contributed by atoms with Gasteiger partial charge in [-0.15, -0.1) is 5.10 Å². The number of ether oxygens (including phenoxy) is 1. The number of nitriles is 1. The van der Waals surface area contributed by atoms with Gasteiger partial charge in [-0.2, -0.15) is 18.4 Å². The van der Waals surface area contributed by atoms with Crippen LogP contribution >= 0.6 is 0 Å². The number of carboxylic acids is 1. The molecule has 1 aliphatic rings. The highest BCUT2D eigenvalue weighted by Crippen LogP contribution is 2.42. The lowest BCUT2D eigenvalue weighted by Crippen LogP contribution is -2.38. The number of benzene rings is 2. The van der Waals surface area contributed by atoms with Crippen LogP contribution in [0.2, 0.25) is 0 Å². The first-order valence-corrected chi connectivity index (χ1v) is 11.3. The third-order valence-electron chi connectivity index (χ3n) is 5.92. The summed E-state index contributed by atoms with van der Waals surface area (Å²) in [6, 6.07) is 11.3. The number of alkyl halides is 3. The lowest BCUT2D eigenvalue weighted by Gasteiger charge is -2.35. The van der Waals surface area contributed by atoms with Crippen LogP contribution in [0.1, 0.15) is 42.5 Å². The standard InChI is InChI=1S/C25H20F3N5O5/c1-14-20(22(36)38-11-3-6-19(34)35)21(16-9-7-15(13-29)8-10-16)33-23(30-31-24(33)37)32(14)18-5-2-4-17(12-18)25(26,27)28/h2,4-5,7-10,12,21H,3,6,11H2,1H3,(H,31,37)(H,34,35)/t21-/m1/s1. The minimum Gasteiger partial charge on any atom is -0.481 e. The second-order valence-electron chi connectivity index (χ2n) is 8.35. The Labute approximate surface area is 213 Å². The molecule has 1 atom stereocenters. The zero-order valence-corrected chi connectivity index (χ0v) is 19.8. The topological polar surface area (TPSA) is 141 Å². The Morgan fingerprint density at radius 3 is 2.55 bits per heavy atom. The first-order valence-electron chi connectivity index (χ1n) is 11.3. The number of hydrogen-bond donors (Lipinski definition) is 2. The van der Waals surface area contributed by atoms with Crippen molar-refractivity contribution >= 4 is 23.6 Å². The maximum atomic E-state index is 13.5. The normalized spacial score (nSPS) is 15.1. The molecule has 196 valence electrons. The molecule has 0 spiro atoms. The van der Waals surface area contributed by atoms with Gasteiger partial charge in [0.05, 0.1) is 29.4 Å². The second kappa shape index (κ2) is 10.3. The molecule has 3 aromatic rings. The van der Waals surface area contributed by atoms with Gasteiger partial charge in [0, 0.05) is 17.8 Å². The van der Waals surface area contributed by atoms with Crippen molar-refractivity contribution in [1.29, 1.82) is 5.26 Å². The van der Waals surface area contributed by atoms with Gasteiger partial charge in [-0.3, -0.25) is 9.69 Å². The molecule has 38 heavy (non-hydrogen) atoms. The molecule has 10 nitrogen and oxygen atoms in total. The van der Waals surface area contributed by atoms with Crippen molar-refractivity contribution in [2.45, 2.75) is 32.0 Å². The van der Waals surface area contributed by atoms with Gasteiger partial charge in [0.1, 0.15) is 6.04 Å². The SMILES string of the molecule is CC1=C(C(=O)OCCCC(=O)O)[C@@H](c2ccc(C#N)cc2)n2c(n[nH]c2=O)N1c1cccc(C(F)(F)F)c1. The molecule has 2 heterocycles. The third-order valence-corrected chi connectivity index (χ3v) is 5.92. The number of nitrogens with zero attached hydrogens (tertiary/aromatic N) is 4. The van der Waals surface area contributed by atoms with E-state index in [1.807, 2.05) is 6.07 Å². The minimum absolute atomic E-state index is 0.00738. The third kappa shape index (κ3) is 5.01. The van der Waals surface area contributed by atoms with Gasteiger partial charge in [-0.1, -0.05) is 18.2 Å². The van der Waals surface area contributed by atoms with Crippen molar-refractivity contribution in [2.24, 2.45) is 0 Å². The van der Waals surface area contributed by atoms with Crippen molar-refractivity contribution in [3.63, 3.8) is 0 Å². The summed E-state index contributed by atoms with van der Waals surface area (Å²) >= 11 is 0. The van der Waals surface area contributed by atoms with E-state index in [2.05, 4.69) is 10.2 Å². The van der Waals surface area contributed by atoms with Gasteiger partial charge in [-0.05, 0) is 49.2 Å². The summed E-state index contributed by atoms with van der Waals surface area (Å²) in [5, 5.41) is 24.3. The van der Waals surface area contributed by atoms with Crippen LogP contribution in [0.15, 0.2) is 64.6 Å². The maximum absolute atomic E-state index is 13.5. The molecule has 0 radical (unpaired) electrons. The number of fused-ring (bicyclic) bond motifs is 1. The van der Waals surface area contributed by atoms with E-state index in [4.69, 9.17) is 15.1 Å². The van der Waals surface area contributed by atoms with Gasteiger partial charge >= 0.3 is 23.8 Å². The smallest absolute Gasteiger partial charge is 0.416 e. The number of halogens is 3. The first kappa shape index (κ1) is 26.2. The van der Waals surface area contributed by atoms with E-state index in [9.17, 15) is 27.6 Å². The summed E-state index contributed by atoms with van der Waals surface area (Å²) in [6.07, 6.45) is -4.86.